The van der Waals surface area contributed by atoms with E-state index in [0.29, 0.717) is 23.3 Å². The number of fused-ring (bicyclic) bond motifs is 1. The van der Waals surface area contributed by atoms with Gasteiger partial charge in [0.15, 0.2) is 0 Å². The summed E-state index contributed by atoms with van der Waals surface area (Å²) >= 11 is 3.48. The first-order valence-corrected chi connectivity index (χ1v) is 12.2. The summed E-state index contributed by atoms with van der Waals surface area (Å²) in [6, 6.07) is 5.68. The predicted molar refractivity (Wildman–Crippen MR) is 131 cm³/mol. The normalized spacial score (nSPS) is 27.9. The van der Waals surface area contributed by atoms with E-state index >= 15 is 0 Å². The molecular formula is C26H30BrN2O4+. The van der Waals surface area contributed by atoms with Gasteiger partial charge in [0.05, 0.1) is 11.6 Å². The number of hydrogen-bond donors (Lipinski definition) is 1. The minimum Gasteiger partial charge on any atom is -0.496 e. The number of carbonyl (C=O) groups is 2. The molecule has 2 aliphatic carbocycles. The van der Waals surface area contributed by atoms with Gasteiger partial charge in [-0.15, -0.1) is 4.58 Å². The average Bonchev–Trinajstić information content (AvgIpc) is 2.80. The molecule has 1 saturated carbocycles. The summed E-state index contributed by atoms with van der Waals surface area (Å²) in [6.07, 6.45) is 12.0. The SMILES string of the molecule is COc1ccc(/C=C2\OC3C=CC=CC3=[N+](CC(=O)NC3CCCC(C)C3C)C2=O)cc1Br. The lowest BCUT2D eigenvalue weighted by atomic mass is 9.78. The highest BCUT2D eigenvalue weighted by Crippen LogP contribution is 2.30. The molecule has 4 atom stereocenters. The lowest BCUT2D eigenvalue weighted by Gasteiger charge is -2.34. The number of benzene rings is 1. The summed E-state index contributed by atoms with van der Waals surface area (Å²) in [5.74, 6) is 1.44. The molecule has 4 unspecified atom stereocenters. The summed E-state index contributed by atoms with van der Waals surface area (Å²) < 4.78 is 13.6. The van der Waals surface area contributed by atoms with Crippen molar-refractivity contribution in [3.63, 3.8) is 0 Å². The zero-order chi connectivity index (χ0) is 23.5. The number of hydrogen-bond acceptors (Lipinski definition) is 4. The van der Waals surface area contributed by atoms with Gasteiger partial charge >= 0.3 is 5.91 Å². The van der Waals surface area contributed by atoms with Gasteiger partial charge in [-0.1, -0.05) is 44.9 Å². The van der Waals surface area contributed by atoms with Crippen molar-refractivity contribution < 1.29 is 23.6 Å². The zero-order valence-corrected chi connectivity index (χ0v) is 20.8. The maximum atomic E-state index is 13.4. The van der Waals surface area contributed by atoms with Crippen molar-refractivity contribution in [2.45, 2.75) is 45.3 Å². The molecule has 6 nitrogen and oxygen atoms in total. The van der Waals surface area contributed by atoms with Gasteiger partial charge in [0.25, 0.3) is 5.91 Å². The molecule has 1 aromatic rings. The molecule has 0 aromatic heterocycles. The van der Waals surface area contributed by atoms with Gasteiger partial charge in [0, 0.05) is 12.1 Å². The number of nitrogens with zero attached hydrogens (tertiary/aromatic N) is 1. The highest BCUT2D eigenvalue weighted by molar-refractivity contribution is 9.10. The van der Waals surface area contributed by atoms with Crippen molar-refractivity contribution in [3.8, 4) is 5.75 Å². The van der Waals surface area contributed by atoms with Crippen molar-refractivity contribution >= 4 is 39.5 Å². The monoisotopic (exact) mass is 513 g/mol. The number of rotatable bonds is 5. The molecule has 174 valence electrons. The van der Waals surface area contributed by atoms with E-state index in [1.807, 2.05) is 42.5 Å². The van der Waals surface area contributed by atoms with Crippen LogP contribution in [0.2, 0.25) is 0 Å². The fourth-order valence-corrected chi connectivity index (χ4v) is 5.22. The van der Waals surface area contributed by atoms with E-state index in [0.717, 1.165) is 22.9 Å². The Hall–Kier alpha value is -2.67. The largest absolute Gasteiger partial charge is 0.496 e. The Morgan fingerprint density at radius 2 is 2.12 bits per heavy atom. The van der Waals surface area contributed by atoms with Crippen molar-refractivity contribution in [2.75, 3.05) is 13.7 Å². The lowest BCUT2D eigenvalue weighted by molar-refractivity contribution is -0.443. The Labute approximate surface area is 203 Å². The van der Waals surface area contributed by atoms with Crippen molar-refractivity contribution in [2.24, 2.45) is 11.8 Å². The third kappa shape index (κ3) is 5.13. The number of carbonyl (C=O) groups excluding carboxylic acids is 2. The molecule has 1 heterocycles. The third-order valence-electron chi connectivity index (χ3n) is 6.81. The van der Waals surface area contributed by atoms with E-state index < -0.39 is 6.10 Å². The standard InChI is InChI=1S/C26H29BrN2O4/c1-16-7-6-8-20(17(16)2)28-25(30)15-29-21-9-4-5-10-23(21)33-24(26(29)31)14-18-11-12-22(32-3)19(27)13-18/h4-5,9-14,16-17,20,23H,6-8,15H2,1-3H3/p+1/b24-14-. The van der Waals surface area contributed by atoms with Crippen molar-refractivity contribution in [1.29, 1.82) is 0 Å². The number of halogens is 1. The number of amides is 2. The van der Waals surface area contributed by atoms with Crippen LogP contribution in [0.5, 0.6) is 5.75 Å². The number of ether oxygens (including phenoxy) is 2. The maximum absolute atomic E-state index is 13.4. The van der Waals surface area contributed by atoms with Gasteiger partial charge in [0.2, 0.25) is 24.1 Å². The Morgan fingerprint density at radius 3 is 2.88 bits per heavy atom. The summed E-state index contributed by atoms with van der Waals surface area (Å²) in [4.78, 5) is 26.4. The molecule has 0 bridgehead atoms. The molecule has 3 aliphatic rings. The highest BCUT2D eigenvalue weighted by atomic mass is 79.9. The van der Waals surface area contributed by atoms with Crippen molar-refractivity contribution in [3.05, 3.63) is 58.3 Å². The molecule has 1 aromatic carbocycles. The van der Waals surface area contributed by atoms with Crippen LogP contribution in [0.4, 0.5) is 0 Å². The van der Waals surface area contributed by atoms with E-state index in [1.54, 1.807) is 13.2 Å². The van der Waals surface area contributed by atoms with Crippen LogP contribution >= 0.6 is 15.9 Å². The van der Waals surface area contributed by atoms with Gasteiger partial charge in [-0.05, 0) is 64.0 Å². The van der Waals surface area contributed by atoms with E-state index in [4.69, 9.17) is 9.47 Å². The van der Waals surface area contributed by atoms with Crippen LogP contribution in [0.25, 0.3) is 6.08 Å². The average molecular weight is 514 g/mol. The quantitative estimate of drug-likeness (QED) is 0.472. The van der Waals surface area contributed by atoms with Gasteiger partial charge in [-0.25, -0.2) is 4.79 Å². The molecule has 4 rings (SSSR count). The summed E-state index contributed by atoms with van der Waals surface area (Å²) in [5.41, 5.74) is 1.47. The van der Waals surface area contributed by atoms with Crippen LogP contribution in [0, 0.1) is 11.8 Å². The first kappa shape index (κ1) is 23.5. The summed E-state index contributed by atoms with van der Waals surface area (Å²) in [7, 11) is 1.60. The minimum absolute atomic E-state index is 0.0343. The van der Waals surface area contributed by atoms with Gasteiger partial charge < -0.3 is 14.8 Å². The number of allylic oxidation sites excluding steroid dienone is 2. The lowest BCUT2D eigenvalue weighted by Crippen LogP contribution is -2.50. The van der Waals surface area contributed by atoms with Gasteiger partial charge in [-0.2, -0.15) is 0 Å². The summed E-state index contributed by atoms with van der Waals surface area (Å²) in [6.45, 7) is 4.40. The molecule has 7 heteroatoms. The molecule has 0 spiro atoms. The second kappa shape index (κ2) is 10.1. The Balaban J connectivity index is 1.58. The number of nitrogens with one attached hydrogen (secondary N) is 1. The predicted octanol–water partition coefficient (Wildman–Crippen LogP) is 4.24. The Kier molecular flexibility index (Phi) is 7.17. The molecule has 0 saturated heterocycles. The van der Waals surface area contributed by atoms with Crippen molar-refractivity contribution in [1.82, 2.24) is 5.32 Å². The fraction of sp³-hybridized carbons (Fsp3) is 0.423. The smallest absolute Gasteiger partial charge is 0.455 e. The van der Waals surface area contributed by atoms with Gasteiger partial charge in [0.1, 0.15) is 5.75 Å². The van der Waals surface area contributed by atoms with Crippen LogP contribution in [-0.2, 0) is 14.3 Å². The first-order chi connectivity index (χ1) is 15.9. The second-order valence-corrected chi connectivity index (χ2v) is 9.80. The Bertz CT molecular complexity index is 1070. The molecule has 2 amide bonds. The second-order valence-electron chi connectivity index (χ2n) is 8.94. The fourth-order valence-electron chi connectivity index (χ4n) is 4.66. The molecule has 33 heavy (non-hydrogen) atoms. The van der Waals surface area contributed by atoms with Gasteiger partial charge in [-0.3, -0.25) is 4.79 Å². The third-order valence-corrected chi connectivity index (χ3v) is 7.43. The zero-order valence-electron chi connectivity index (χ0n) is 19.2. The Morgan fingerprint density at radius 1 is 1.30 bits per heavy atom. The van der Waals surface area contributed by atoms with Crippen LogP contribution in [0.3, 0.4) is 0 Å². The number of methoxy groups -OCH3 is 1. The highest BCUT2D eigenvalue weighted by Gasteiger charge is 2.41. The topological polar surface area (TPSA) is 67.6 Å². The molecule has 1 fully saturated rings. The molecular weight excluding hydrogens is 484 g/mol. The van der Waals surface area contributed by atoms with E-state index in [9.17, 15) is 9.59 Å². The molecule has 1 aliphatic heterocycles. The van der Waals surface area contributed by atoms with Crippen LogP contribution in [0.15, 0.2) is 52.7 Å². The first-order valence-electron chi connectivity index (χ1n) is 11.4. The van der Waals surface area contributed by atoms with E-state index in [1.165, 1.54) is 11.0 Å². The maximum Gasteiger partial charge on any atom is 0.455 e. The molecule has 0 radical (unpaired) electrons. The van der Waals surface area contributed by atoms with Crippen LogP contribution < -0.4 is 10.1 Å². The van der Waals surface area contributed by atoms with Crippen LogP contribution in [-0.4, -0.2) is 47.9 Å². The van der Waals surface area contributed by atoms with E-state index in [2.05, 4.69) is 35.1 Å². The van der Waals surface area contributed by atoms with Crippen LogP contribution in [0.1, 0.15) is 38.7 Å². The van der Waals surface area contributed by atoms with E-state index in [-0.39, 0.29) is 30.2 Å². The molecule has 1 N–H and O–H groups in total. The summed E-state index contributed by atoms with van der Waals surface area (Å²) in [5, 5.41) is 3.18. The minimum atomic E-state index is -0.415.